The molecule has 0 bridgehead atoms. The van der Waals surface area contributed by atoms with E-state index in [2.05, 4.69) is 10.6 Å². The van der Waals surface area contributed by atoms with E-state index in [1.165, 1.54) is 6.07 Å². The molecule has 0 aromatic heterocycles. The van der Waals surface area contributed by atoms with Gasteiger partial charge in [-0.2, -0.15) is 0 Å². The molecule has 216 valence electrons. The highest BCUT2D eigenvalue weighted by atomic mass is 35.5. The van der Waals surface area contributed by atoms with Crippen molar-refractivity contribution in [2.24, 2.45) is 9.98 Å². The number of carbonyl (C=O) groups is 1. The zero-order valence-electron chi connectivity index (χ0n) is 23.4. The van der Waals surface area contributed by atoms with Crippen LogP contribution in [0, 0.1) is 5.82 Å². The van der Waals surface area contributed by atoms with Crippen LogP contribution in [0.15, 0.2) is 76.2 Å². The van der Waals surface area contributed by atoms with Gasteiger partial charge in [0, 0.05) is 65.4 Å². The first kappa shape index (κ1) is 28.4. The van der Waals surface area contributed by atoms with Crippen LogP contribution in [0.2, 0.25) is 10.0 Å². The van der Waals surface area contributed by atoms with Crippen LogP contribution in [0.25, 0.3) is 5.70 Å². The van der Waals surface area contributed by atoms with Gasteiger partial charge in [-0.25, -0.2) is 9.38 Å². The third-order valence-corrected chi connectivity index (χ3v) is 8.66. The van der Waals surface area contributed by atoms with Gasteiger partial charge in [0.2, 0.25) is 0 Å². The van der Waals surface area contributed by atoms with E-state index >= 15 is 4.39 Å². The molecule has 3 aliphatic heterocycles. The number of nitrogens with one attached hydrogen (secondary N) is 2. The fourth-order valence-electron chi connectivity index (χ4n) is 5.80. The average molecular weight is 606 g/mol. The lowest BCUT2D eigenvalue weighted by Gasteiger charge is -2.35. The van der Waals surface area contributed by atoms with Crippen LogP contribution < -0.4 is 10.6 Å². The maximum atomic E-state index is 15.0. The summed E-state index contributed by atoms with van der Waals surface area (Å²) in [6.45, 7) is 1.81. The molecule has 0 spiro atoms. The van der Waals surface area contributed by atoms with Crippen LogP contribution in [-0.2, 0) is 0 Å². The summed E-state index contributed by atoms with van der Waals surface area (Å²) < 4.78 is 15.0. The number of carbonyl (C=O) groups excluding carboxylic acids is 1. The summed E-state index contributed by atoms with van der Waals surface area (Å²) in [5.74, 6) is -0.392. The highest BCUT2D eigenvalue weighted by molar-refractivity contribution is 6.36. The molecule has 0 saturated carbocycles. The van der Waals surface area contributed by atoms with Gasteiger partial charge in [0.05, 0.1) is 28.5 Å². The molecular weight excluding hydrogens is 574 g/mol. The molecule has 6 rings (SSSR count). The van der Waals surface area contributed by atoms with Crippen LogP contribution in [0.1, 0.15) is 39.9 Å². The van der Waals surface area contributed by atoms with Crippen molar-refractivity contribution in [2.75, 3.05) is 39.0 Å². The van der Waals surface area contributed by atoms with E-state index in [0.717, 1.165) is 48.5 Å². The van der Waals surface area contributed by atoms with Gasteiger partial charge in [-0.1, -0.05) is 35.3 Å². The van der Waals surface area contributed by atoms with Gasteiger partial charge in [-0.15, -0.1) is 0 Å². The Balaban J connectivity index is 1.23. The van der Waals surface area contributed by atoms with Gasteiger partial charge in [-0.05, 0) is 68.4 Å². The molecule has 10 heteroatoms. The lowest BCUT2D eigenvalue weighted by Crippen LogP contribution is -2.43. The Bertz CT molecular complexity index is 1590. The van der Waals surface area contributed by atoms with Crippen LogP contribution in [0.5, 0.6) is 0 Å². The van der Waals surface area contributed by atoms with E-state index < -0.39 is 12.1 Å². The zero-order valence-corrected chi connectivity index (χ0v) is 24.9. The lowest BCUT2D eigenvalue weighted by atomic mass is 9.94. The number of fused-ring (bicyclic) bond motifs is 2. The second-order valence-electron chi connectivity index (χ2n) is 10.7. The first-order valence-electron chi connectivity index (χ1n) is 14.0. The van der Waals surface area contributed by atoms with E-state index in [4.69, 9.17) is 33.2 Å². The number of likely N-dealkylation sites (tertiary alicyclic amines) is 1. The number of rotatable bonds is 5. The van der Waals surface area contributed by atoms with Crippen molar-refractivity contribution in [2.45, 2.75) is 25.2 Å². The van der Waals surface area contributed by atoms with Crippen molar-refractivity contribution in [3.05, 3.63) is 104 Å². The molecule has 1 saturated heterocycles. The summed E-state index contributed by atoms with van der Waals surface area (Å²) in [6.07, 6.45) is 3.31. The number of hydrogen-bond donors (Lipinski definition) is 2. The number of hydrogen-bond acceptors (Lipinski definition) is 6. The predicted octanol–water partition coefficient (Wildman–Crippen LogP) is 5.93. The summed E-state index contributed by atoms with van der Waals surface area (Å²) in [5, 5.41) is 7.56. The highest BCUT2D eigenvalue weighted by Crippen LogP contribution is 2.36. The van der Waals surface area contributed by atoms with Gasteiger partial charge in [-0.3, -0.25) is 9.79 Å². The summed E-state index contributed by atoms with van der Waals surface area (Å²) in [6, 6.07) is 18.1. The fraction of sp³-hybridized carbons (Fsp3) is 0.281. The van der Waals surface area contributed by atoms with Crippen LogP contribution in [-0.4, -0.2) is 73.7 Å². The molecular formula is C32H31Cl2FN6O. The monoisotopic (exact) mass is 604 g/mol. The van der Waals surface area contributed by atoms with Gasteiger partial charge in [0.1, 0.15) is 5.82 Å². The SMILES string of the molecule is CNC1CCN(C(=O)c2ccc(NC3N=CC4=C(c5ccc(Cl)cc5C(c5c(F)cccc5Cl)=NC4)N3C)cc2)CC1. The minimum atomic E-state index is -0.446. The number of anilines is 1. The average Bonchev–Trinajstić information content (AvgIpc) is 3.16. The maximum absolute atomic E-state index is 15.0. The lowest BCUT2D eigenvalue weighted by molar-refractivity contribution is 0.0707. The van der Waals surface area contributed by atoms with Gasteiger partial charge < -0.3 is 20.4 Å². The second kappa shape index (κ2) is 11.9. The molecule has 1 atom stereocenters. The summed E-state index contributed by atoms with van der Waals surface area (Å²) in [5.41, 5.74) is 5.56. The number of nitrogens with zero attached hydrogens (tertiary/aromatic N) is 4. The second-order valence-corrected chi connectivity index (χ2v) is 11.5. The minimum absolute atomic E-state index is 0.0539. The molecule has 2 N–H and O–H groups in total. The quantitative estimate of drug-likeness (QED) is 0.378. The molecule has 3 aromatic carbocycles. The van der Waals surface area contributed by atoms with Crippen LogP contribution in [0.4, 0.5) is 10.1 Å². The zero-order chi connectivity index (χ0) is 29.4. The maximum Gasteiger partial charge on any atom is 0.253 e. The molecule has 1 amide bonds. The first-order valence-corrected chi connectivity index (χ1v) is 14.7. The van der Waals surface area contributed by atoms with Gasteiger partial charge in [0.25, 0.3) is 5.91 Å². The first-order chi connectivity index (χ1) is 20.3. The van der Waals surface area contributed by atoms with Crippen LogP contribution in [0.3, 0.4) is 0 Å². The number of benzene rings is 3. The molecule has 42 heavy (non-hydrogen) atoms. The normalized spacial score (nSPS) is 18.8. The van der Waals surface area contributed by atoms with Gasteiger partial charge >= 0.3 is 0 Å². The number of aliphatic imine (C=N–C) groups is 2. The van der Waals surface area contributed by atoms with Gasteiger partial charge in [0.15, 0.2) is 6.29 Å². The molecule has 0 radical (unpaired) electrons. The summed E-state index contributed by atoms with van der Waals surface area (Å²) >= 11 is 12.9. The topological polar surface area (TPSA) is 72.3 Å². The molecule has 7 nitrogen and oxygen atoms in total. The van der Waals surface area contributed by atoms with E-state index in [-0.39, 0.29) is 16.5 Å². The Labute approximate surface area is 254 Å². The molecule has 3 heterocycles. The molecule has 3 aromatic rings. The van der Waals surface area contributed by atoms with E-state index in [9.17, 15) is 4.79 Å². The minimum Gasteiger partial charge on any atom is -0.347 e. The van der Waals surface area contributed by atoms with E-state index in [1.54, 1.807) is 18.2 Å². The molecule has 0 aliphatic carbocycles. The largest absolute Gasteiger partial charge is 0.347 e. The fourth-order valence-corrected chi connectivity index (χ4v) is 6.23. The number of piperidine rings is 1. The van der Waals surface area contributed by atoms with Crippen molar-refractivity contribution >= 4 is 52.4 Å². The number of halogens is 3. The van der Waals surface area contributed by atoms with E-state index in [1.807, 2.05) is 66.5 Å². The Kier molecular flexibility index (Phi) is 8.03. The molecule has 1 fully saturated rings. The highest BCUT2D eigenvalue weighted by Gasteiger charge is 2.30. The predicted molar refractivity (Wildman–Crippen MR) is 168 cm³/mol. The Morgan fingerprint density at radius 2 is 1.79 bits per heavy atom. The summed E-state index contributed by atoms with van der Waals surface area (Å²) in [7, 11) is 3.92. The van der Waals surface area contributed by atoms with Crippen molar-refractivity contribution in [3.63, 3.8) is 0 Å². The Hall–Kier alpha value is -3.72. The standard InChI is InChI=1S/C32H31Cl2FN6O/c1-36-22-12-14-41(15-13-22)31(42)19-6-9-23(10-7-19)39-32-38-18-20-17-37-29(28-26(34)4-3-5-27(28)35)25-16-21(33)8-11-24(25)30(20)40(32)2/h3-11,16,18,22,32,36,39H,12-15,17H2,1-2H3. The third-order valence-electron chi connectivity index (χ3n) is 8.11. The van der Waals surface area contributed by atoms with Crippen molar-refractivity contribution in [1.29, 1.82) is 0 Å². The van der Waals surface area contributed by atoms with Crippen LogP contribution >= 0.6 is 23.2 Å². The Morgan fingerprint density at radius 3 is 2.50 bits per heavy atom. The number of amides is 1. The van der Waals surface area contributed by atoms with E-state index in [0.29, 0.717) is 34.4 Å². The summed E-state index contributed by atoms with van der Waals surface area (Å²) in [4.78, 5) is 26.6. The Morgan fingerprint density at radius 1 is 1.02 bits per heavy atom. The van der Waals surface area contributed by atoms with Crippen molar-refractivity contribution in [3.8, 4) is 0 Å². The van der Waals surface area contributed by atoms with Crippen molar-refractivity contribution in [1.82, 2.24) is 15.1 Å². The molecule has 3 aliphatic rings. The molecule has 1 unspecified atom stereocenters. The third kappa shape index (κ3) is 5.42. The smallest absolute Gasteiger partial charge is 0.253 e. The van der Waals surface area contributed by atoms with Crippen molar-refractivity contribution < 1.29 is 9.18 Å².